The molecule has 2 aromatic carbocycles. The summed E-state index contributed by atoms with van der Waals surface area (Å²) < 4.78 is 33.5. The van der Waals surface area contributed by atoms with Crippen molar-refractivity contribution in [3.63, 3.8) is 0 Å². The number of amides is 1. The molecule has 32 heavy (non-hydrogen) atoms. The van der Waals surface area contributed by atoms with Crippen molar-refractivity contribution in [3.05, 3.63) is 94.8 Å². The zero-order valence-corrected chi connectivity index (χ0v) is 17.2. The van der Waals surface area contributed by atoms with E-state index in [1.54, 1.807) is 37.3 Å². The quantitative estimate of drug-likeness (QED) is 0.375. The van der Waals surface area contributed by atoms with Crippen molar-refractivity contribution in [2.75, 3.05) is 12.0 Å². The third kappa shape index (κ3) is 3.49. The van der Waals surface area contributed by atoms with Gasteiger partial charge in [-0.05, 0) is 48.9 Å². The van der Waals surface area contributed by atoms with Crippen LogP contribution in [0.1, 0.15) is 22.7 Å². The molecule has 1 aliphatic rings. The van der Waals surface area contributed by atoms with Crippen LogP contribution in [-0.2, 0) is 9.59 Å². The van der Waals surface area contributed by atoms with Crippen molar-refractivity contribution in [1.82, 2.24) is 4.98 Å². The summed E-state index contributed by atoms with van der Waals surface area (Å²) in [5.74, 6) is -4.06. The lowest BCUT2D eigenvalue weighted by Gasteiger charge is -2.25. The van der Waals surface area contributed by atoms with Crippen LogP contribution in [0.2, 0.25) is 0 Å². The molecule has 0 spiro atoms. The number of ether oxygens (including phenoxy) is 1. The largest absolute Gasteiger partial charge is 0.507 e. The molecule has 6 nitrogen and oxygen atoms in total. The Morgan fingerprint density at radius 3 is 2.44 bits per heavy atom. The number of Topliss-reactive ketones (excluding diaryl/α,β-unsaturated/α-hetero) is 1. The molecular weight excluding hydrogens is 418 g/mol. The smallest absolute Gasteiger partial charge is 0.300 e. The van der Waals surface area contributed by atoms with Gasteiger partial charge in [-0.25, -0.2) is 8.78 Å². The molecule has 1 fully saturated rings. The van der Waals surface area contributed by atoms with E-state index in [4.69, 9.17) is 4.74 Å². The number of ketones is 1. The van der Waals surface area contributed by atoms with Crippen molar-refractivity contribution in [3.8, 4) is 5.75 Å². The van der Waals surface area contributed by atoms with E-state index in [1.165, 1.54) is 19.5 Å². The van der Waals surface area contributed by atoms with Gasteiger partial charge in [0.05, 0.1) is 30.0 Å². The van der Waals surface area contributed by atoms with Gasteiger partial charge in [-0.1, -0.05) is 11.6 Å². The predicted octanol–water partition coefficient (Wildman–Crippen LogP) is 4.30. The summed E-state index contributed by atoms with van der Waals surface area (Å²) in [5.41, 5.74) is 0.881. The monoisotopic (exact) mass is 436 g/mol. The molecule has 0 saturated carbocycles. The van der Waals surface area contributed by atoms with E-state index >= 15 is 0 Å². The van der Waals surface area contributed by atoms with E-state index in [0.29, 0.717) is 17.4 Å². The fourth-order valence-corrected chi connectivity index (χ4v) is 3.77. The highest BCUT2D eigenvalue weighted by atomic mass is 19.1. The summed E-state index contributed by atoms with van der Waals surface area (Å²) in [7, 11) is 1.41. The number of anilines is 1. The Kier molecular flexibility index (Phi) is 5.44. The third-order valence-corrected chi connectivity index (χ3v) is 5.25. The Morgan fingerprint density at radius 2 is 1.78 bits per heavy atom. The van der Waals surface area contributed by atoms with Crippen molar-refractivity contribution >= 4 is 23.1 Å². The first-order valence-electron chi connectivity index (χ1n) is 9.64. The first-order valence-corrected chi connectivity index (χ1v) is 9.64. The lowest BCUT2D eigenvalue weighted by atomic mass is 9.95. The maximum absolute atomic E-state index is 14.7. The Morgan fingerprint density at radius 1 is 1.06 bits per heavy atom. The third-order valence-electron chi connectivity index (χ3n) is 5.25. The SMILES string of the molecule is COc1ccc(C)cc1/C(O)=C1\C(=O)C(=O)N(c2ccc(F)cc2F)C1c1ccncc1. The molecule has 0 radical (unpaired) electrons. The van der Waals surface area contributed by atoms with Crippen molar-refractivity contribution < 1.29 is 28.2 Å². The van der Waals surface area contributed by atoms with E-state index in [-0.39, 0.29) is 16.8 Å². The van der Waals surface area contributed by atoms with E-state index in [0.717, 1.165) is 22.6 Å². The van der Waals surface area contributed by atoms with Gasteiger partial charge in [0.1, 0.15) is 23.1 Å². The van der Waals surface area contributed by atoms with E-state index < -0.39 is 35.1 Å². The topological polar surface area (TPSA) is 79.7 Å². The number of aromatic nitrogens is 1. The number of benzene rings is 2. The maximum Gasteiger partial charge on any atom is 0.300 e. The van der Waals surface area contributed by atoms with Crippen LogP contribution >= 0.6 is 0 Å². The molecule has 2 heterocycles. The molecule has 3 aromatic rings. The summed E-state index contributed by atoms with van der Waals surface area (Å²) in [6.07, 6.45) is 2.90. The van der Waals surface area contributed by atoms with Gasteiger partial charge in [-0.2, -0.15) is 0 Å². The van der Waals surface area contributed by atoms with Crippen LogP contribution in [0.3, 0.4) is 0 Å². The number of carbonyl (C=O) groups is 2. The van der Waals surface area contributed by atoms with E-state index in [1.807, 2.05) is 0 Å². The molecule has 1 amide bonds. The molecule has 4 rings (SSSR count). The second kappa shape index (κ2) is 8.22. The number of carbonyl (C=O) groups excluding carboxylic acids is 2. The number of nitrogens with zero attached hydrogens (tertiary/aromatic N) is 2. The highest BCUT2D eigenvalue weighted by Gasteiger charge is 2.48. The Hall–Kier alpha value is -4.07. The number of methoxy groups -OCH3 is 1. The number of aryl methyl sites for hydroxylation is 1. The Balaban J connectivity index is 2.00. The Bertz CT molecular complexity index is 1260. The molecule has 1 aromatic heterocycles. The Labute approximate surface area is 182 Å². The number of hydrogen-bond acceptors (Lipinski definition) is 5. The fourth-order valence-electron chi connectivity index (χ4n) is 3.77. The average molecular weight is 436 g/mol. The highest BCUT2D eigenvalue weighted by molar-refractivity contribution is 6.51. The van der Waals surface area contributed by atoms with Gasteiger partial charge in [0.25, 0.3) is 11.7 Å². The minimum absolute atomic E-state index is 0.212. The average Bonchev–Trinajstić information content (AvgIpc) is 3.04. The summed E-state index contributed by atoms with van der Waals surface area (Å²) in [6, 6.07) is 9.64. The first kappa shape index (κ1) is 21.2. The number of aliphatic hydroxyl groups excluding tert-OH is 1. The van der Waals surface area contributed by atoms with Gasteiger partial charge in [-0.3, -0.25) is 19.5 Å². The zero-order chi connectivity index (χ0) is 23.0. The number of hydrogen-bond donors (Lipinski definition) is 1. The molecule has 1 N–H and O–H groups in total. The van der Waals surface area contributed by atoms with Crippen LogP contribution in [0.5, 0.6) is 5.75 Å². The van der Waals surface area contributed by atoms with Crippen molar-refractivity contribution in [2.24, 2.45) is 0 Å². The van der Waals surface area contributed by atoms with Crippen molar-refractivity contribution in [2.45, 2.75) is 13.0 Å². The molecular formula is C24H18F2N2O4. The molecule has 1 unspecified atom stereocenters. The zero-order valence-electron chi connectivity index (χ0n) is 17.2. The van der Waals surface area contributed by atoms with Gasteiger partial charge in [-0.15, -0.1) is 0 Å². The second-order valence-electron chi connectivity index (χ2n) is 7.25. The first-order chi connectivity index (χ1) is 15.3. The van der Waals surface area contributed by atoms with Gasteiger partial charge < -0.3 is 9.84 Å². The van der Waals surface area contributed by atoms with Gasteiger partial charge in [0.2, 0.25) is 0 Å². The predicted molar refractivity (Wildman–Crippen MR) is 113 cm³/mol. The molecule has 0 bridgehead atoms. The van der Waals surface area contributed by atoms with Crippen LogP contribution in [0.4, 0.5) is 14.5 Å². The molecule has 1 atom stereocenters. The summed E-state index contributed by atoms with van der Waals surface area (Å²) in [6.45, 7) is 1.79. The minimum atomic E-state index is -1.16. The number of halogens is 2. The van der Waals surface area contributed by atoms with Crippen LogP contribution in [0.15, 0.2) is 66.5 Å². The van der Waals surface area contributed by atoms with Crippen LogP contribution in [0, 0.1) is 18.6 Å². The molecule has 1 aliphatic heterocycles. The van der Waals surface area contributed by atoms with Crippen LogP contribution in [0.25, 0.3) is 5.76 Å². The summed E-state index contributed by atoms with van der Waals surface area (Å²) >= 11 is 0. The standard InChI is InChI=1S/C24H18F2N2O4/c1-13-3-6-19(32-2)16(11-13)22(29)20-21(14-7-9-27-10-8-14)28(24(31)23(20)30)18-5-4-15(25)12-17(18)26/h3-12,21,29H,1-2H3/b22-20+. The molecule has 1 saturated heterocycles. The van der Waals surface area contributed by atoms with E-state index in [9.17, 15) is 23.5 Å². The van der Waals surface area contributed by atoms with Gasteiger partial charge in [0, 0.05) is 18.5 Å². The van der Waals surface area contributed by atoms with Crippen molar-refractivity contribution in [1.29, 1.82) is 0 Å². The number of aliphatic hydroxyl groups is 1. The molecule has 0 aliphatic carbocycles. The fraction of sp³-hybridized carbons (Fsp3) is 0.125. The van der Waals surface area contributed by atoms with Crippen LogP contribution in [-0.4, -0.2) is 28.9 Å². The van der Waals surface area contributed by atoms with E-state index in [2.05, 4.69) is 4.98 Å². The lowest BCUT2D eigenvalue weighted by Crippen LogP contribution is -2.30. The van der Waals surface area contributed by atoms with Gasteiger partial charge in [0.15, 0.2) is 0 Å². The molecule has 162 valence electrons. The maximum atomic E-state index is 14.7. The van der Waals surface area contributed by atoms with Gasteiger partial charge >= 0.3 is 0 Å². The molecule has 8 heteroatoms. The summed E-state index contributed by atoms with van der Waals surface area (Å²) in [5, 5.41) is 11.2. The lowest BCUT2D eigenvalue weighted by molar-refractivity contribution is -0.132. The number of pyridine rings is 1. The number of rotatable bonds is 4. The normalized spacial score (nSPS) is 17.6. The second-order valence-corrected chi connectivity index (χ2v) is 7.25. The minimum Gasteiger partial charge on any atom is -0.507 e. The van der Waals surface area contributed by atoms with Crippen LogP contribution < -0.4 is 9.64 Å². The summed E-state index contributed by atoms with van der Waals surface area (Å²) in [4.78, 5) is 31.0. The highest BCUT2D eigenvalue weighted by Crippen LogP contribution is 2.43.